The molecule has 7 nitrogen and oxygen atoms in total. The first-order chi connectivity index (χ1) is 11.0. The largest absolute Gasteiger partial charge is 0.480 e. The smallest absolute Gasteiger partial charge is 0.335 e. The molecule has 1 unspecified atom stereocenters. The van der Waals surface area contributed by atoms with Gasteiger partial charge in [0.25, 0.3) is 0 Å². The lowest BCUT2D eigenvalue weighted by Gasteiger charge is -2.06. The van der Waals surface area contributed by atoms with Gasteiger partial charge in [-0.05, 0) is 42.3 Å². The molecule has 4 N–H and O–H groups in total. The predicted octanol–water partition coefficient (Wildman–Crippen LogP) is 2.75. The number of aliphatic carboxylic acids is 1. The van der Waals surface area contributed by atoms with Crippen LogP contribution in [0.2, 0.25) is 0 Å². The van der Waals surface area contributed by atoms with Gasteiger partial charge in [-0.1, -0.05) is 18.2 Å². The van der Waals surface area contributed by atoms with E-state index in [0.29, 0.717) is 11.4 Å². The Kier molecular flexibility index (Phi) is 5.16. The van der Waals surface area contributed by atoms with E-state index in [1.165, 1.54) is 12.1 Å². The molecule has 0 amide bonds. The number of carboxylic acid groups (broad SMARTS) is 2. The van der Waals surface area contributed by atoms with Gasteiger partial charge in [0.2, 0.25) is 0 Å². The second kappa shape index (κ2) is 7.28. The van der Waals surface area contributed by atoms with Gasteiger partial charge in [0.1, 0.15) is 6.04 Å². The van der Waals surface area contributed by atoms with Crippen LogP contribution in [0.25, 0.3) is 0 Å². The van der Waals surface area contributed by atoms with Crippen LogP contribution in [-0.2, 0) is 11.2 Å². The van der Waals surface area contributed by atoms with E-state index in [4.69, 9.17) is 15.9 Å². The minimum Gasteiger partial charge on any atom is -0.480 e. The molecule has 0 aliphatic rings. The highest BCUT2D eigenvalue weighted by Crippen LogP contribution is 2.20. The topological polar surface area (TPSA) is 125 Å². The van der Waals surface area contributed by atoms with Gasteiger partial charge in [0.15, 0.2) is 0 Å². The van der Waals surface area contributed by atoms with E-state index in [0.717, 1.165) is 5.56 Å². The molecule has 0 fully saturated rings. The van der Waals surface area contributed by atoms with E-state index in [9.17, 15) is 9.59 Å². The molecular formula is C16H15N3O4. The maximum absolute atomic E-state index is 10.9. The first kappa shape index (κ1) is 16.3. The Morgan fingerprint density at radius 3 is 2.26 bits per heavy atom. The highest BCUT2D eigenvalue weighted by atomic mass is 16.4. The van der Waals surface area contributed by atoms with E-state index < -0.39 is 18.0 Å². The zero-order valence-corrected chi connectivity index (χ0v) is 12.1. The number of nitrogens with two attached hydrogens (primary N) is 1. The summed E-state index contributed by atoms with van der Waals surface area (Å²) in [7, 11) is 0. The lowest BCUT2D eigenvalue weighted by atomic mass is 10.1. The SMILES string of the molecule is NC(Cc1ccc(N=Nc2cccc(C(=O)O)c2)cc1)C(=O)O. The molecule has 2 rings (SSSR count). The maximum Gasteiger partial charge on any atom is 0.335 e. The second-order valence-corrected chi connectivity index (χ2v) is 4.87. The van der Waals surface area contributed by atoms with Gasteiger partial charge >= 0.3 is 11.9 Å². The molecule has 23 heavy (non-hydrogen) atoms. The second-order valence-electron chi connectivity index (χ2n) is 4.87. The summed E-state index contributed by atoms with van der Waals surface area (Å²) in [6.45, 7) is 0. The molecule has 1 atom stereocenters. The Morgan fingerprint density at radius 1 is 1.00 bits per heavy atom. The molecule has 0 radical (unpaired) electrons. The fraction of sp³-hybridized carbons (Fsp3) is 0.125. The van der Waals surface area contributed by atoms with Crippen molar-refractivity contribution in [2.24, 2.45) is 16.0 Å². The molecular weight excluding hydrogens is 298 g/mol. The van der Waals surface area contributed by atoms with Crippen LogP contribution in [0.5, 0.6) is 0 Å². The average Bonchev–Trinajstić information content (AvgIpc) is 2.54. The van der Waals surface area contributed by atoms with E-state index in [-0.39, 0.29) is 12.0 Å². The van der Waals surface area contributed by atoms with Crippen molar-refractivity contribution in [1.82, 2.24) is 0 Å². The summed E-state index contributed by atoms with van der Waals surface area (Å²) < 4.78 is 0. The summed E-state index contributed by atoms with van der Waals surface area (Å²) >= 11 is 0. The first-order valence-electron chi connectivity index (χ1n) is 6.78. The van der Waals surface area contributed by atoms with Crippen LogP contribution in [0.4, 0.5) is 11.4 Å². The van der Waals surface area contributed by atoms with Gasteiger partial charge in [0, 0.05) is 0 Å². The van der Waals surface area contributed by atoms with Gasteiger partial charge in [-0.2, -0.15) is 10.2 Å². The van der Waals surface area contributed by atoms with Crippen molar-refractivity contribution in [1.29, 1.82) is 0 Å². The van der Waals surface area contributed by atoms with Crippen LogP contribution in [0.3, 0.4) is 0 Å². The fourth-order valence-electron chi connectivity index (χ4n) is 1.86. The van der Waals surface area contributed by atoms with Gasteiger partial charge in [-0.3, -0.25) is 4.79 Å². The van der Waals surface area contributed by atoms with Crippen LogP contribution < -0.4 is 5.73 Å². The lowest BCUT2D eigenvalue weighted by molar-refractivity contribution is -0.138. The summed E-state index contributed by atoms with van der Waals surface area (Å²) in [6, 6.07) is 12.0. The minimum atomic E-state index is -1.05. The molecule has 2 aromatic carbocycles. The predicted molar refractivity (Wildman–Crippen MR) is 83.3 cm³/mol. The summed E-state index contributed by atoms with van der Waals surface area (Å²) in [4.78, 5) is 21.6. The van der Waals surface area contributed by atoms with E-state index in [1.54, 1.807) is 36.4 Å². The molecule has 2 aromatic rings. The highest BCUT2D eigenvalue weighted by molar-refractivity contribution is 5.88. The third-order valence-corrected chi connectivity index (χ3v) is 3.08. The lowest BCUT2D eigenvalue weighted by Crippen LogP contribution is -2.32. The number of azo groups is 1. The number of nitrogens with zero attached hydrogens (tertiary/aromatic N) is 2. The Balaban J connectivity index is 2.07. The van der Waals surface area contributed by atoms with Crippen LogP contribution in [-0.4, -0.2) is 28.2 Å². The summed E-state index contributed by atoms with van der Waals surface area (Å²) in [5.74, 6) is -2.08. The van der Waals surface area contributed by atoms with Crippen molar-refractivity contribution in [3.63, 3.8) is 0 Å². The van der Waals surface area contributed by atoms with Gasteiger partial charge in [-0.25, -0.2) is 4.79 Å². The monoisotopic (exact) mass is 313 g/mol. The normalized spacial score (nSPS) is 12.2. The zero-order valence-electron chi connectivity index (χ0n) is 12.1. The van der Waals surface area contributed by atoms with Crippen LogP contribution in [0.1, 0.15) is 15.9 Å². The molecule has 0 bridgehead atoms. The number of aromatic carboxylic acids is 1. The number of benzene rings is 2. The van der Waals surface area contributed by atoms with Crippen molar-refractivity contribution in [2.75, 3.05) is 0 Å². The Hall–Kier alpha value is -3.06. The third-order valence-electron chi connectivity index (χ3n) is 3.08. The Labute approximate surface area is 132 Å². The van der Waals surface area contributed by atoms with Crippen LogP contribution in [0.15, 0.2) is 58.8 Å². The number of rotatable bonds is 6. The Bertz CT molecular complexity index is 741. The highest BCUT2D eigenvalue weighted by Gasteiger charge is 2.11. The van der Waals surface area contributed by atoms with Gasteiger partial charge < -0.3 is 15.9 Å². The number of hydrogen-bond acceptors (Lipinski definition) is 5. The molecule has 0 saturated carbocycles. The molecule has 0 aliphatic carbocycles. The van der Waals surface area contributed by atoms with Crippen molar-refractivity contribution in [3.05, 3.63) is 59.7 Å². The molecule has 0 heterocycles. The van der Waals surface area contributed by atoms with Gasteiger partial charge in [0.05, 0.1) is 16.9 Å². The van der Waals surface area contributed by atoms with Crippen molar-refractivity contribution < 1.29 is 19.8 Å². The molecule has 7 heteroatoms. The number of carbonyl (C=O) groups is 2. The summed E-state index contributed by atoms with van der Waals surface area (Å²) in [6.07, 6.45) is 0.230. The molecule has 0 aromatic heterocycles. The number of carboxylic acids is 2. The molecule has 0 saturated heterocycles. The summed E-state index contributed by atoms with van der Waals surface area (Å²) in [5, 5.41) is 25.7. The quantitative estimate of drug-likeness (QED) is 0.707. The zero-order chi connectivity index (χ0) is 16.8. The van der Waals surface area contributed by atoms with E-state index in [1.807, 2.05) is 0 Å². The van der Waals surface area contributed by atoms with Gasteiger partial charge in [-0.15, -0.1) is 0 Å². The van der Waals surface area contributed by atoms with Crippen molar-refractivity contribution >= 4 is 23.3 Å². The Morgan fingerprint density at radius 2 is 1.65 bits per heavy atom. The van der Waals surface area contributed by atoms with Crippen molar-refractivity contribution in [3.8, 4) is 0 Å². The van der Waals surface area contributed by atoms with E-state index >= 15 is 0 Å². The maximum atomic E-state index is 10.9. The van der Waals surface area contributed by atoms with Crippen molar-refractivity contribution in [2.45, 2.75) is 12.5 Å². The van der Waals surface area contributed by atoms with E-state index in [2.05, 4.69) is 10.2 Å². The molecule has 118 valence electrons. The molecule has 0 aliphatic heterocycles. The molecule has 0 spiro atoms. The minimum absolute atomic E-state index is 0.138. The van der Waals surface area contributed by atoms with Crippen LogP contribution >= 0.6 is 0 Å². The van der Waals surface area contributed by atoms with Crippen LogP contribution in [0, 0.1) is 0 Å². The summed E-state index contributed by atoms with van der Waals surface area (Å²) in [5.41, 5.74) is 7.39. The number of hydrogen-bond donors (Lipinski definition) is 3. The average molecular weight is 313 g/mol. The fourth-order valence-corrected chi connectivity index (χ4v) is 1.86. The third kappa shape index (κ3) is 4.72. The standard InChI is InChI=1S/C16H15N3O4/c17-14(16(22)23)8-10-4-6-12(7-5-10)18-19-13-3-1-2-11(9-13)15(20)21/h1-7,9,14H,8,17H2,(H,20,21)(H,22,23). The first-order valence-corrected chi connectivity index (χ1v) is 6.78.